The van der Waals surface area contributed by atoms with E-state index in [1.54, 1.807) is 7.05 Å². The van der Waals surface area contributed by atoms with Gasteiger partial charge in [0.2, 0.25) is 0 Å². The van der Waals surface area contributed by atoms with Crippen LogP contribution < -0.4 is 5.32 Å². The molecule has 1 aromatic rings. The number of guanidine groups is 1. The van der Waals surface area contributed by atoms with Gasteiger partial charge >= 0.3 is 0 Å². The van der Waals surface area contributed by atoms with E-state index in [4.69, 9.17) is 18.0 Å². The third-order valence-corrected chi connectivity index (χ3v) is 2.81. The van der Waals surface area contributed by atoms with Gasteiger partial charge < -0.3 is 14.8 Å². The highest BCUT2D eigenvalue weighted by atomic mass is 35.5. The van der Waals surface area contributed by atoms with Gasteiger partial charge in [0.25, 0.3) is 0 Å². The Labute approximate surface area is 114 Å². The Kier molecular flexibility index (Phi) is 5.60. The molecule has 0 amide bonds. The van der Waals surface area contributed by atoms with Crippen LogP contribution in [0, 0.1) is 12.3 Å². The highest BCUT2D eigenvalue weighted by Crippen LogP contribution is 2.14. The van der Waals surface area contributed by atoms with Gasteiger partial charge in [0.15, 0.2) is 5.96 Å². The zero-order valence-corrected chi connectivity index (χ0v) is 11.8. The molecule has 4 nitrogen and oxygen atoms in total. The van der Waals surface area contributed by atoms with Gasteiger partial charge in [-0.05, 0) is 6.07 Å². The van der Waals surface area contributed by atoms with Crippen molar-refractivity contribution >= 4 is 17.6 Å². The van der Waals surface area contributed by atoms with Gasteiger partial charge in [-0.2, -0.15) is 0 Å². The summed E-state index contributed by atoms with van der Waals surface area (Å²) in [5, 5.41) is 3.95. The van der Waals surface area contributed by atoms with Crippen LogP contribution >= 0.6 is 11.6 Å². The molecule has 1 heterocycles. The Morgan fingerprint density at radius 2 is 2.39 bits per heavy atom. The highest BCUT2D eigenvalue weighted by Gasteiger charge is 2.08. The van der Waals surface area contributed by atoms with Crippen molar-refractivity contribution in [1.82, 2.24) is 14.8 Å². The first kappa shape index (κ1) is 14.5. The fourth-order valence-electron chi connectivity index (χ4n) is 1.67. The Balaban J connectivity index is 2.60. The van der Waals surface area contributed by atoms with Gasteiger partial charge in [-0.15, -0.1) is 12.3 Å². The number of halogens is 1. The minimum atomic E-state index is 0.683. The first-order chi connectivity index (χ1) is 8.58. The van der Waals surface area contributed by atoms with Gasteiger partial charge in [-0.3, -0.25) is 4.99 Å². The molecule has 0 aliphatic carbocycles. The maximum Gasteiger partial charge on any atom is 0.193 e. The predicted molar refractivity (Wildman–Crippen MR) is 76.7 cm³/mol. The Morgan fingerprint density at radius 3 is 2.89 bits per heavy atom. The molecule has 98 valence electrons. The van der Waals surface area contributed by atoms with E-state index >= 15 is 0 Å². The van der Waals surface area contributed by atoms with Crippen molar-refractivity contribution in [1.29, 1.82) is 0 Å². The monoisotopic (exact) mass is 266 g/mol. The molecule has 1 rings (SSSR count). The number of nitrogens with zero attached hydrogens (tertiary/aromatic N) is 3. The molecular weight excluding hydrogens is 248 g/mol. The summed E-state index contributed by atoms with van der Waals surface area (Å²) in [6.07, 6.45) is 7.79. The topological polar surface area (TPSA) is 32.6 Å². The Bertz CT molecular complexity index is 456. The molecule has 5 heteroatoms. The van der Waals surface area contributed by atoms with Crippen molar-refractivity contribution in [2.75, 3.05) is 20.6 Å². The third-order valence-electron chi connectivity index (χ3n) is 2.60. The van der Waals surface area contributed by atoms with Crippen molar-refractivity contribution in [3.05, 3.63) is 23.0 Å². The molecule has 0 spiro atoms. The number of hydrogen-bond acceptors (Lipinski definition) is 1. The summed E-state index contributed by atoms with van der Waals surface area (Å²) in [4.78, 5) is 6.24. The molecule has 0 fully saturated rings. The number of terminal acetylenes is 1. The van der Waals surface area contributed by atoms with Crippen molar-refractivity contribution < 1.29 is 0 Å². The van der Waals surface area contributed by atoms with Gasteiger partial charge in [0.1, 0.15) is 0 Å². The Hall–Kier alpha value is -1.60. The summed E-state index contributed by atoms with van der Waals surface area (Å²) < 4.78 is 2.01. The van der Waals surface area contributed by atoms with Crippen molar-refractivity contribution in [3.8, 4) is 12.3 Å². The summed E-state index contributed by atoms with van der Waals surface area (Å²) in [5.74, 6) is 3.41. The van der Waals surface area contributed by atoms with Crippen LogP contribution in [0.1, 0.15) is 12.1 Å². The second kappa shape index (κ2) is 6.97. The van der Waals surface area contributed by atoms with Crippen LogP contribution in [0.25, 0.3) is 0 Å². The highest BCUT2D eigenvalue weighted by molar-refractivity contribution is 6.30. The molecule has 0 aromatic carbocycles. The molecule has 0 bridgehead atoms. The van der Waals surface area contributed by atoms with E-state index in [9.17, 15) is 0 Å². The van der Waals surface area contributed by atoms with E-state index in [0.717, 1.165) is 29.8 Å². The molecule has 0 aliphatic heterocycles. The number of aliphatic imine (C=N–C) groups is 1. The summed E-state index contributed by atoms with van der Waals surface area (Å²) in [7, 11) is 5.71. The van der Waals surface area contributed by atoms with Crippen LogP contribution in [0.15, 0.2) is 17.3 Å². The van der Waals surface area contributed by atoms with Crippen LogP contribution in [-0.4, -0.2) is 36.1 Å². The zero-order chi connectivity index (χ0) is 13.5. The second-order valence-corrected chi connectivity index (χ2v) is 4.48. The number of aryl methyl sites for hydroxylation is 1. The van der Waals surface area contributed by atoms with Gasteiger partial charge in [0, 0.05) is 46.0 Å². The van der Waals surface area contributed by atoms with Gasteiger partial charge in [0.05, 0.1) is 11.6 Å². The molecule has 0 unspecified atom stereocenters. The Morgan fingerprint density at radius 1 is 1.67 bits per heavy atom. The molecule has 0 radical (unpaired) electrons. The predicted octanol–water partition coefficient (Wildman–Crippen LogP) is 1.71. The summed E-state index contributed by atoms with van der Waals surface area (Å²) in [6, 6.07) is 1.95. The van der Waals surface area contributed by atoms with Crippen LogP contribution in [-0.2, 0) is 13.6 Å². The lowest BCUT2D eigenvalue weighted by Gasteiger charge is -2.22. The zero-order valence-electron chi connectivity index (χ0n) is 11.1. The largest absolute Gasteiger partial charge is 0.355 e. The van der Waals surface area contributed by atoms with Crippen molar-refractivity contribution in [2.45, 2.75) is 13.0 Å². The minimum absolute atomic E-state index is 0.683. The van der Waals surface area contributed by atoms with Crippen LogP contribution in [0.5, 0.6) is 0 Å². The maximum atomic E-state index is 5.96. The number of aromatic nitrogens is 1. The molecule has 1 aromatic heterocycles. The van der Waals surface area contributed by atoms with Gasteiger partial charge in [-0.25, -0.2) is 0 Å². The molecule has 0 aliphatic rings. The first-order valence-electron chi connectivity index (χ1n) is 5.74. The van der Waals surface area contributed by atoms with Crippen LogP contribution in [0.2, 0.25) is 5.02 Å². The van der Waals surface area contributed by atoms with E-state index < -0.39 is 0 Å². The average Bonchev–Trinajstić information content (AvgIpc) is 2.63. The van der Waals surface area contributed by atoms with E-state index in [1.165, 1.54) is 0 Å². The lowest BCUT2D eigenvalue weighted by Crippen LogP contribution is -2.39. The second-order valence-electron chi connectivity index (χ2n) is 4.04. The first-order valence-corrected chi connectivity index (χ1v) is 6.12. The molecule has 0 atom stereocenters. The normalized spacial score (nSPS) is 11.2. The minimum Gasteiger partial charge on any atom is -0.355 e. The van der Waals surface area contributed by atoms with Crippen LogP contribution in [0.3, 0.4) is 0 Å². The fraction of sp³-hybridized carbons (Fsp3) is 0.462. The van der Waals surface area contributed by atoms with Crippen molar-refractivity contribution in [2.24, 2.45) is 12.0 Å². The number of hydrogen-bond donors (Lipinski definition) is 1. The fourth-order valence-corrected chi connectivity index (χ4v) is 1.94. The van der Waals surface area contributed by atoms with E-state index in [0.29, 0.717) is 6.42 Å². The standard InChI is InChI=1S/C13H19ClN4/c1-5-6-7-16-13(15-2)18(4)10-12-8-11(14)9-17(12)3/h1,8-9H,6-7,10H2,2-4H3,(H,15,16). The molecule has 0 saturated heterocycles. The van der Waals surface area contributed by atoms with Crippen LogP contribution in [0.4, 0.5) is 0 Å². The lowest BCUT2D eigenvalue weighted by atomic mass is 10.4. The van der Waals surface area contributed by atoms with Gasteiger partial charge in [-0.1, -0.05) is 11.6 Å². The molecule has 0 saturated carbocycles. The summed E-state index contributed by atoms with van der Waals surface area (Å²) in [5.41, 5.74) is 1.13. The maximum absolute atomic E-state index is 5.96. The molecule has 1 N–H and O–H groups in total. The molecular formula is C13H19ClN4. The average molecular weight is 267 g/mol. The summed E-state index contributed by atoms with van der Waals surface area (Å²) >= 11 is 5.96. The number of rotatable bonds is 4. The number of nitrogens with one attached hydrogen (secondary N) is 1. The third kappa shape index (κ3) is 4.01. The van der Waals surface area contributed by atoms with E-state index in [2.05, 4.69) is 16.2 Å². The van der Waals surface area contributed by atoms with E-state index in [-0.39, 0.29) is 0 Å². The lowest BCUT2D eigenvalue weighted by molar-refractivity contribution is 0.463. The van der Waals surface area contributed by atoms with E-state index in [1.807, 2.05) is 35.8 Å². The smallest absolute Gasteiger partial charge is 0.193 e. The quantitative estimate of drug-likeness (QED) is 0.390. The summed E-state index contributed by atoms with van der Waals surface area (Å²) in [6.45, 7) is 1.46. The molecule has 18 heavy (non-hydrogen) atoms. The van der Waals surface area contributed by atoms with Crippen molar-refractivity contribution in [3.63, 3.8) is 0 Å². The SMILES string of the molecule is C#CCCNC(=NC)N(C)Cc1cc(Cl)cn1C.